The van der Waals surface area contributed by atoms with Gasteiger partial charge in [0.1, 0.15) is 0 Å². The van der Waals surface area contributed by atoms with Crippen molar-refractivity contribution in [1.29, 1.82) is 0 Å². The van der Waals surface area contributed by atoms with Crippen molar-refractivity contribution in [3.8, 4) is 0 Å². The molecule has 3 fully saturated rings. The largest absolute Gasteiger partial charge is 0.155 e. The Labute approximate surface area is 79.0 Å². The van der Waals surface area contributed by atoms with E-state index in [1.807, 2.05) is 0 Å². The number of hydrogen-bond acceptors (Lipinski definition) is 4. The van der Waals surface area contributed by atoms with Crippen molar-refractivity contribution < 1.29 is 0 Å². The highest BCUT2D eigenvalue weighted by atomic mass is 32.3. The molecule has 0 unspecified atom stereocenters. The fraction of sp³-hybridized carbons (Fsp3) is 1.00. The minimum Gasteiger partial charge on any atom is -0.123 e. The van der Waals surface area contributed by atoms with Gasteiger partial charge in [-0.25, -0.2) is 0 Å². The molecular formula is C6H10S4. The number of rotatable bonds is 3. The average Bonchev–Trinajstić information content (AvgIpc) is 2.39. The Bertz CT molecular complexity index is 124. The van der Waals surface area contributed by atoms with Crippen LogP contribution in [0.1, 0.15) is 13.3 Å². The predicted octanol–water partition coefficient (Wildman–Crippen LogP) is 3.29. The molecule has 3 rings (SSSR count). The molecule has 0 nitrogen and oxygen atoms in total. The molecule has 0 radical (unpaired) electrons. The highest BCUT2D eigenvalue weighted by Crippen LogP contribution is 2.75. The maximum atomic E-state index is 2.26. The zero-order chi connectivity index (χ0) is 7.03. The first-order chi connectivity index (χ1) is 4.85. The van der Waals surface area contributed by atoms with Crippen LogP contribution in [-0.2, 0) is 0 Å². The van der Waals surface area contributed by atoms with E-state index in [1.165, 1.54) is 17.9 Å². The van der Waals surface area contributed by atoms with Gasteiger partial charge in [0, 0.05) is 5.75 Å². The standard InChI is InChI=1S/C6H10S4/c1-2-3-7-6-8-4-5(9-6)10-6/h5H,2-4H2,1H3. The van der Waals surface area contributed by atoms with Crippen molar-refractivity contribution in [3.63, 3.8) is 0 Å². The summed E-state index contributed by atoms with van der Waals surface area (Å²) in [6.45, 7) is 2.26. The van der Waals surface area contributed by atoms with Crippen LogP contribution in [0.2, 0.25) is 0 Å². The number of fused-ring (bicyclic) bond motifs is 1. The van der Waals surface area contributed by atoms with Gasteiger partial charge in [0.25, 0.3) is 0 Å². The fourth-order valence-electron chi connectivity index (χ4n) is 0.974. The van der Waals surface area contributed by atoms with Crippen LogP contribution in [-0.4, -0.2) is 18.8 Å². The molecule has 0 aromatic heterocycles. The van der Waals surface area contributed by atoms with E-state index in [0.29, 0.717) is 2.74 Å². The Kier molecular flexibility index (Phi) is 2.43. The van der Waals surface area contributed by atoms with Crippen LogP contribution < -0.4 is 0 Å². The molecule has 0 atom stereocenters. The highest BCUT2D eigenvalue weighted by molar-refractivity contribution is 8.58. The van der Waals surface area contributed by atoms with Crippen molar-refractivity contribution in [2.45, 2.75) is 20.7 Å². The van der Waals surface area contributed by atoms with Crippen LogP contribution in [0.15, 0.2) is 0 Å². The minimum absolute atomic E-state index is 0.556. The summed E-state index contributed by atoms with van der Waals surface area (Å²) >= 11 is 8.63. The normalized spacial score (nSPS) is 43.5. The van der Waals surface area contributed by atoms with Gasteiger partial charge >= 0.3 is 0 Å². The van der Waals surface area contributed by atoms with Crippen LogP contribution in [0.25, 0.3) is 0 Å². The summed E-state index contributed by atoms with van der Waals surface area (Å²) in [5.74, 6) is 2.71. The molecular weight excluding hydrogens is 200 g/mol. The average molecular weight is 210 g/mol. The quantitative estimate of drug-likeness (QED) is 0.700. The Morgan fingerprint density at radius 3 is 2.90 bits per heavy atom. The lowest BCUT2D eigenvalue weighted by Gasteiger charge is -2.34. The molecule has 0 spiro atoms. The van der Waals surface area contributed by atoms with Gasteiger partial charge in [0.05, 0.1) is 4.58 Å². The van der Waals surface area contributed by atoms with Gasteiger partial charge in [-0.2, -0.15) is 0 Å². The lowest BCUT2D eigenvalue weighted by Crippen LogP contribution is -2.18. The molecule has 4 heteroatoms. The SMILES string of the molecule is CCCSC12SCC(S1)S2. The maximum absolute atomic E-state index is 2.26. The number of thioether (sulfide) groups is 4. The summed E-state index contributed by atoms with van der Waals surface area (Å²) in [5, 5.41) is 0. The highest BCUT2D eigenvalue weighted by Gasteiger charge is 2.53. The first-order valence-electron chi connectivity index (χ1n) is 3.48. The predicted molar refractivity (Wildman–Crippen MR) is 56.9 cm³/mol. The lowest BCUT2D eigenvalue weighted by molar-refractivity contribution is 1.11. The van der Waals surface area contributed by atoms with Crippen molar-refractivity contribution >= 4 is 47.0 Å². The Hall–Kier alpha value is 1.40. The van der Waals surface area contributed by atoms with E-state index in [4.69, 9.17) is 0 Å². The topological polar surface area (TPSA) is 0 Å². The molecule has 10 heavy (non-hydrogen) atoms. The van der Waals surface area contributed by atoms with E-state index in [-0.39, 0.29) is 0 Å². The van der Waals surface area contributed by atoms with Crippen LogP contribution in [0.5, 0.6) is 0 Å². The van der Waals surface area contributed by atoms with E-state index in [0.717, 1.165) is 4.58 Å². The van der Waals surface area contributed by atoms with E-state index >= 15 is 0 Å². The van der Waals surface area contributed by atoms with Crippen molar-refractivity contribution in [2.24, 2.45) is 0 Å². The smallest absolute Gasteiger partial charge is 0.123 e. The van der Waals surface area contributed by atoms with E-state index in [1.54, 1.807) is 0 Å². The van der Waals surface area contributed by atoms with Gasteiger partial charge in [-0.05, 0) is 12.2 Å². The summed E-state index contributed by atoms with van der Waals surface area (Å²) in [6, 6.07) is 0. The first-order valence-corrected chi connectivity index (χ1v) is 7.21. The zero-order valence-electron chi connectivity index (χ0n) is 5.83. The minimum atomic E-state index is 0.556. The Morgan fingerprint density at radius 1 is 1.60 bits per heavy atom. The molecule has 0 aromatic rings. The van der Waals surface area contributed by atoms with Gasteiger partial charge < -0.3 is 0 Å². The van der Waals surface area contributed by atoms with Gasteiger partial charge in [-0.15, -0.1) is 47.0 Å². The van der Waals surface area contributed by atoms with Gasteiger partial charge in [0.2, 0.25) is 0 Å². The molecule has 3 heterocycles. The second-order valence-corrected chi connectivity index (χ2v) is 9.55. The molecule has 3 saturated heterocycles. The van der Waals surface area contributed by atoms with E-state index in [9.17, 15) is 0 Å². The van der Waals surface area contributed by atoms with Crippen molar-refractivity contribution in [2.75, 3.05) is 11.5 Å². The number of hydrogen-bond donors (Lipinski definition) is 0. The van der Waals surface area contributed by atoms with E-state index < -0.39 is 0 Å². The molecule has 0 saturated carbocycles. The second kappa shape index (κ2) is 3.04. The van der Waals surface area contributed by atoms with Gasteiger partial charge in [-0.1, -0.05) is 6.92 Å². The zero-order valence-corrected chi connectivity index (χ0v) is 9.10. The third-order valence-electron chi connectivity index (χ3n) is 1.43. The summed E-state index contributed by atoms with van der Waals surface area (Å²) in [6.07, 6.45) is 1.32. The van der Waals surface area contributed by atoms with Crippen LogP contribution >= 0.6 is 47.0 Å². The molecule has 0 aliphatic carbocycles. The molecule has 0 N–H and O–H groups in total. The Balaban J connectivity index is 1.81. The van der Waals surface area contributed by atoms with Gasteiger partial charge in [-0.3, -0.25) is 0 Å². The summed E-state index contributed by atoms with van der Waals surface area (Å²) in [5.41, 5.74) is 0. The summed E-state index contributed by atoms with van der Waals surface area (Å²) in [4.78, 5) is 0. The first kappa shape index (κ1) is 8.02. The second-order valence-electron chi connectivity index (χ2n) is 2.32. The third kappa shape index (κ3) is 1.32. The fourth-order valence-corrected chi connectivity index (χ4v) is 9.57. The molecule has 0 amide bonds. The third-order valence-corrected chi connectivity index (χ3v) is 9.54. The molecule has 0 aromatic carbocycles. The maximum Gasteiger partial charge on any atom is 0.155 e. The van der Waals surface area contributed by atoms with Crippen LogP contribution in [0.3, 0.4) is 0 Å². The van der Waals surface area contributed by atoms with Crippen molar-refractivity contribution in [3.05, 3.63) is 0 Å². The molecule has 2 bridgehead atoms. The monoisotopic (exact) mass is 210 g/mol. The Morgan fingerprint density at radius 2 is 2.40 bits per heavy atom. The van der Waals surface area contributed by atoms with Crippen LogP contribution in [0, 0.1) is 0 Å². The van der Waals surface area contributed by atoms with Crippen molar-refractivity contribution in [1.82, 2.24) is 0 Å². The molecule has 3 aliphatic rings. The van der Waals surface area contributed by atoms with E-state index in [2.05, 4.69) is 54.0 Å². The van der Waals surface area contributed by atoms with Crippen LogP contribution in [0.4, 0.5) is 0 Å². The van der Waals surface area contributed by atoms with Gasteiger partial charge in [0.15, 0.2) is 2.74 Å². The summed E-state index contributed by atoms with van der Waals surface area (Å²) < 4.78 is 1.50. The lowest BCUT2D eigenvalue weighted by atomic mass is 10.6. The molecule has 3 aliphatic heterocycles. The summed E-state index contributed by atoms with van der Waals surface area (Å²) in [7, 11) is 0. The molecule has 58 valence electrons.